The summed E-state index contributed by atoms with van der Waals surface area (Å²) in [6.45, 7) is 1.73. The van der Waals surface area contributed by atoms with Crippen LogP contribution in [0, 0.1) is 5.92 Å². The number of hydrogen-bond acceptors (Lipinski definition) is 5. The SMILES string of the molecule is COC(=O)CC1C(=O)N(c2ccc(OC)cc2)N=C1C. The van der Waals surface area contributed by atoms with Gasteiger partial charge in [-0.05, 0) is 31.2 Å². The van der Waals surface area contributed by atoms with Gasteiger partial charge in [0.15, 0.2) is 0 Å². The Morgan fingerprint density at radius 1 is 1.30 bits per heavy atom. The molecule has 0 saturated heterocycles. The maximum absolute atomic E-state index is 12.3. The third-order valence-corrected chi connectivity index (χ3v) is 3.18. The van der Waals surface area contributed by atoms with Crippen molar-refractivity contribution in [3.63, 3.8) is 0 Å². The topological polar surface area (TPSA) is 68.2 Å². The van der Waals surface area contributed by atoms with E-state index in [9.17, 15) is 9.59 Å². The number of rotatable bonds is 4. The highest BCUT2D eigenvalue weighted by Crippen LogP contribution is 2.27. The molecule has 0 aliphatic carbocycles. The summed E-state index contributed by atoms with van der Waals surface area (Å²) in [6.07, 6.45) is 0.0112. The van der Waals surface area contributed by atoms with Crippen molar-refractivity contribution >= 4 is 23.3 Å². The summed E-state index contributed by atoms with van der Waals surface area (Å²) in [5.41, 5.74) is 1.25. The van der Waals surface area contributed by atoms with E-state index in [4.69, 9.17) is 4.74 Å². The molecule has 0 radical (unpaired) electrons. The molecule has 1 atom stereocenters. The van der Waals surface area contributed by atoms with Crippen LogP contribution in [0.2, 0.25) is 0 Å². The molecule has 2 rings (SSSR count). The molecular formula is C14H16N2O4. The van der Waals surface area contributed by atoms with E-state index in [1.165, 1.54) is 12.1 Å². The fraction of sp³-hybridized carbons (Fsp3) is 0.357. The van der Waals surface area contributed by atoms with E-state index in [2.05, 4.69) is 9.84 Å². The number of anilines is 1. The molecule has 1 aromatic rings. The van der Waals surface area contributed by atoms with Crippen LogP contribution < -0.4 is 9.75 Å². The Bertz CT molecular complexity index is 551. The van der Waals surface area contributed by atoms with E-state index in [0.717, 1.165) is 0 Å². The van der Waals surface area contributed by atoms with Crippen molar-refractivity contribution in [1.82, 2.24) is 0 Å². The Morgan fingerprint density at radius 3 is 2.50 bits per heavy atom. The number of methoxy groups -OCH3 is 2. The first-order valence-corrected chi connectivity index (χ1v) is 6.16. The maximum Gasteiger partial charge on any atom is 0.306 e. The zero-order valence-electron chi connectivity index (χ0n) is 11.6. The maximum atomic E-state index is 12.3. The second-order valence-electron chi connectivity index (χ2n) is 4.42. The van der Waals surface area contributed by atoms with Gasteiger partial charge in [-0.1, -0.05) is 0 Å². The Kier molecular flexibility index (Phi) is 4.02. The van der Waals surface area contributed by atoms with Gasteiger partial charge in [0.2, 0.25) is 0 Å². The van der Waals surface area contributed by atoms with Gasteiger partial charge in [-0.2, -0.15) is 5.10 Å². The van der Waals surface area contributed by atoms with Crippen molar-refractivity contribution < 1.29 is 19.1 Å². The van der Waals surface area contributed by atoms with Crippen molar-refractivity contribution in [1.29, 1.82) is 0 Å². The molecule has 0 N–H and O–H groups in total. The Balaban J connectivity index is 2.18. The minimum Gasteiger partial charge on any atom is -0.497 e. The van der Waals surface area contributed by atoms with Gasteiger partial charge in [0.25, 0.3) is 5.91 Å². The molecule has 1 amide bonds. The first-order chi connectivity index (χ1) is 9.56. The normalized spacial score (nSPS) is 17.9. The summed E-state index contributed by atoms with van der Waals surface area (Å²) in [5.74, 6) is -0.496. The first kappa shape index (κ1) is 14.0. The summed E-state index contributed by atoms with van der Waals surface area (Å²) in [7, 11) is 2.88. The quantitative estimate of drug-likeness (QED) is 0.783. The van der Waals surface area contributed by atoms with Gasteiger partial charge < -0.3 is 9.47 Å². The highest BCUT2D eigenvalue weighted by Gasteiger charge is 2.36. The van der Waals surface area contributed by atoms with Crippen LogP contribution in [0.1, 0.15) is 13.3 Å². The number of hydrazone groups is 1. The van der Waals surface area contributed by atoms with Crippen LogP contribution in [0.5, 0.6) is 5.75 Å². The first-order valence-electron chi connectivity index (χ1n) is 6.16. The zero-order valence-corrected chi connectivity index (χ0v) is 11.6. The van der Waals surface area contributed by atoms with Crippen molar-refractivity contribution in [2.75, 3.05) is 19.2 Å². The van der Waals surface area contributed by atoms with Crippen LogP contribution in [0.25, 0.3) is 0 Å². The molecular weight excluding hydrogens is 260 g/mol. The Hall–Kier alpha value is -2.37. The standard InChI is InChI=1S/C14H16N2O4/c1-9-12(8-13(17)20-3)14(18)16(15-9)10-4-6-11(19-2)7-5-10/h4-7,12H,8H2,1-3H3. The summed E-state index contributed by atoms with van der Waals surface area (Å²) in [6, 6.07) is 6.99. The van der Waals surface area contributed by atoms with Crippen LogP contribution in [-0.4, -0.2) is 31.8 Å². The molecule has 6 heteroatoms. The second kappa shape index (κ2) is 5.73. The predicted octanol–water partition coefficient (Wildman–Crippen LogP) is 1.60. The number of esters is 1. The number of ether oxygens (including phenoxy) is 2. The molecule has 106 valence electrons. The van der Waals surface area contributed by atoms with E-state index in [-0.39, 0.29) is 12.3 Å². The molecule has 1 aliphatic rings. The molecule has 0 saturated carbocycles. The number of hydrogen-bond donors (Lipinski definition) is 0. The minimum absolute atomic E-state index is 0.0112. The van der Waals surface area contributed by atoms with Crippen LogP contribution in [-0.2, 0) is 14.3 Å². The summed E-state index contributed by atoms with van der Waals surface area (Å²) >= 11 is 0. The second-order valence-corrected chi connectivity index (χ2v) is 4.42. The van der Waals surface area contributed by atoms with Crippen LogP contribution >= 0.6 is 0 Å². The van der Waals surface area contributed by atoms with E-state index < -0.39 is 11.9 Å². The van der Waals surface area contributed by atoms with Crippen molar-refractivity contribution in [2.45, 2.75) is 13.3 Å². The number of carbonyl (C=O) groups is 2. The lowest BCUT2D eigenvalue weighted by Crippen LogP contribution is -2.29. The number of nitrogens with zero attached hydrogens (tertiary/aromatic N) is 2. The number of carbonyl (C=O) groups excluding carboxylic acids is 2. The van der Waals surface area contributed by atoms with E-state index in [1.54, 1.807) is 38.3 Å². The molecule has 6 nitrogen and oxygen atoms in total. The van der Waals surface area contributed by atoms with Crippen LogP contribution in [0.3, 0.4) is 0 Å². The number of benzene rings is 1. The molecule has 0 aromatic heterocycles. The molecule has 1 aromatic carbocycles. The fourth-order valence-corrected chi connectivity index (χ4v) is 2.00. The van der Waals surface area contributed by atoms with Gasteiger partial charge >= 0.3 is 5.97 Å². The van der Waals surface area contributed by atoms with Gasteiger partial charge in [0.05, 0.1) is 32.2 Å². The average molecular weight is 276 g/mol. The fourth-order valence-electron chi connectivity index (χ4n) is 2.00. The van der Waals surface area contributed by atoms with Gasteiger partial charge in [-0.25, -0.2) is 5.01 Å². The van der Waals surface area contributed by atoms with E-state index in [1.807, 2.05) is 0 Å². The third kappa shape index (κ3) is 2.64. The monoisotopic (exact) mass is 276 g/mol. The smallest absolute Gasteiger partial charge is 0.306 e. The van der Waals surface area contributed by atoms with Gasteiger partial charge in [-0.15, -0.1) is 0 Å². The number of amides is 1. The highest BCUT2D eigenvalue weighted by atomic mass is 16.5. The molecule has 0 bridgehead atoms. The molecule has 1 heterocycles. The minimum atomic E-state index is -0.551. The van der Waals surface area contributed by atoms with Crippen LogP contribution in [0.15, 0.2) is 29.4 Å². The summed E-state index contributed by atoms with van der Waals surface area (Å²) in [5, 5.41) is 5.52. The lowest BCUT2D eigenvalue weighted by Gasteiger charge is -2.14. The zero-order chi connectivity index (χ0) is 14.7. The highest BCUT2D eigenvalue weighted by molar-refractivity contribution is 6.16. The lowest BCUT2D eigenvalue weighted by molar-refractivity contribution is -0.142. The van der Waals surface area contributed by atoms with E-state index >= 15 is 0 Å². The van der Waals surface area contributed by atoms with Crippen molar-refractivity contribution in [3.8, 4) is 5.75 Å². The Labute approximate surface area is 117 Å². The molecule has 1 aliphatic heterocycles. The molecule has 1 unspecified atom stereocenters. The largest absolute Gasteiger partial charge is 0.497 e. The summed E-state index contributed by atoms with van der Waals surface area (Å²) < 4.78 is 9.67. The molecule has 20 heavy (non-hydrogen) atoms. The van der Waals surface area contributed by atoms with Crippen molar-refractivity contribution in [2.24, 2.45) is 11.0 Å². The van der Waals surface area contributed by atoms with Crippen LogP contribution in [0.4, 0.5) is 5.69 Å². The summed E-state index contributed by atoms with van der Waals surface area (Å²) in [4.78, 5) is 23.6. The average Bonchev–Trinajstić information content (AvgIpc) is 2.75. The predicted molar refractivity (Wildman–Crippen MR) is 73.7 cm³/mol. The Morgan fingerprint density at radius 2 is 1.95 bits per heavy atom. The molecule has 0 spiro atoms. The van der Waals surface area contributed by atoms with E-state index in [0.29, 0.717) is 17.1 Å². The van der Waals surface area contributed by atoms with Gasteiger partial charge in [0.1, 0.15) is 5.75 Å². The van der Waals surface area contributed by atoms with Crippen molar-refractivity contribution in [3.05, 3.63) is 24.3 Å². The third-order valence-electron chi connectivity index (χ3n) is 3.18. The molecule has 0 fully saturated rings. The van der Waals surface area contributed by atoms with Gasteiger partial charge in [-0.3, -0.25) is 9.59 Å². The lowest BCUT2D eigenvalue weighted by atomic mass is 10.0. The van der Waals surface area contributed by atoms with Gasteiger partial charge in [0, 0.05) is 5.71 Å².